The minimum Gasteiger partial charge on any atom is -0.850 e. The molecule has 6 heteroatoms. The van der Waals surface area contributed by atoms with E-state index in [1.54, 1.807) is 20.8 Å². The number of rotatable bonds is 0. The first-order valence-corrected chi connectivity index (χ1v) is 2.34. The predicted molar refractivity (Wildman–Crippen MR) is 27.8 cm³/mol. The average Bonchev–Trinajstić information content (AvgIpc) is 1.19. The van der Waals surface area contributed by atoms with E-state index < -0.39 is 11.8 Å². The zero-order chi connectivity index (χ0) is 8.08. The monoisotopic (exact) mass is 212 g/mol. The van der Waals surface area contributed by atoms with Crippen LogP contribution in [0.15, 0.2) is 0 Å². The summed E-state index contributed by atoms with van der Waals surface area (Å²) in [5.41, 5.74) is -0.750. The Morgan fingerprint density at radius 3 is 1.27 bits per heavy atom. The van der Waals surface area contributed by atoms with Gasteiger partial charge in [0.2, 0.25) is 6.16 Å². The topological polar surface area (TPSA) is 83.4 Å². The van der Waals surface area contributed by atoms with Gasteiger partial charge in [0.1, 0.15) is 0 Å². The number of hydrogen-bond donors (Lipinski definition) is 1. The third-order valence-electron chi connectivity index (χ3n) is 0. The minimum atomic E-state index is -2.08. The normalized spacial score (nSPS) is 7.64. The van der Waals surface area contributed by atoms with Crippen LogP contribution in [0.5, 0.6) is 0 Å². The first-order valence-electron chi connectivity index (χ1n) is 2.34. The summed E-state index contributed by atoms with van der Waals surface area (Å²) in [7, 11) is 0. The Bertz CT molecular complexity index is 79.0. The van der Waals surface area contributed by atoms with Crippen molar-refractivity contribution in [1.82, 2.24) is 0 Å². The summed E-state index contributed by atoms with van der Waals surface area (Å²) in [5.74, 6) is 0. The van der Waals surface area contributed by atoms with Gasteiger partial charge in [0.25, 0.3) is 0 Å². The largest absolute Gasteiger partial charge is 1.00 e. The van der Waals surface area contributed by atoms with Crippen molar-refractivity contribution in [3.05, 3.63) is 0 Å². The van der Waals surface area contributed by atoms with Gasteiger partial charge in [0.05, 0.1) is 0 Å². The van der Waals surface area contributed by atoms with Crippen molar-refractivity contribution in [2.45, 2.75) is 26.4 Å². The number of carbonyl (C=O) groups is 1. The minimum absolute atomic E-state index is 0. The predicted octanol–water partition coefficient (Wildman–Crippen LogP) is -6.96. The number of hydrogen-bond acceptors (Lipinski definition) is 3. The molecule has 0 aromatic rings. The van der Waals surface area contributed by atoms with Crippen molar-refractivity contribution in [2.75, 3.05) is 0 Å². The SMILES string of the molecule is CC(C)(C)[O-].O=C([O-])O.[K+].[K+]. The Hall–Kier alpha value is 2.50. The van der Waals surface area contributed by atoms with E-state index in [1.165, 1.54) is 0 Å². The van der Waals surface area contributed by atoms with Crippen molar-refractivity contribution < 1.29 is 123 Å². The third-order valence-corrected chi connectivity index (χ3v) is 0. The first kappa shape index (κ1) is 23.4. The van der Waals surface area contributed by atoms with Crippen LogP contribution in [0.3, 0.4) is 0 Å². The second-order valence-electron chi connectivity index (χ2n) is 2.38. The molecule has 0 unspecified atom stereocenters. The summed E-state index contributed by atoms with van der Waals surface area (Å²) < 4.78 is 0. The van der Waals surface area contributed by atoms with Crippen LogP contribution in [-0.4, -0.2) is 16.9 Å². The van der Waals surface area contributed by atoms with Crippen LogP contribution in [-0.2, 0) is 0 Å². The molecule has 0 heterocycles. The van der Waals surface area contributed by atoms with Crippen molar-refractivity contribution >= 4 is 6.16 Å². The molecule has 0 rings (SSSR count). The summed E-state index contributed by atoms with van der Waals surface area (Å²) in [6.07, 6.45) is -2.08. The summed E-state index contributed by atoms with van der Waals surface area (Å²) in [4.78, 5) is 8.44. The van der Waals surface area contributed by atoms with Gasteiger partial charge in [-0.05, 0) is 0 Å². The molecular weight excluding hydrogens is 202 g/mol. The van der Waals surface area contributed by atoms with E-state index in [-0.39, 0.29) is 103 Å². The van der Waals surface area contributed by atoms with Crippen molar-refractivity contribution in [3.8, 4) is 0 Å². The molecule has 0 fully saturated rings. The molecule has 56 valence electrons. The fourth-order valence-electron chi connectivity index (χ4n) is 0. The molecule has 0 saturated carbocycles. The van der Waals surface area contributed by atoms with Crippen LogP contribution >= 0.6 is 0 Å². The van der Waals surface area contributed by atoms with Gasteiger partial charge in [-0.3, -0.25) is 0 Å². The average molecular weight is 212 g/mol. The Morgan fingerprint density at radius 1 is 1.27 bits per heavy atom. The van der Waals surface area contributed by atoms with Gasteiger partial charge in [0.15, 0.2) is 0 Å². The molecule has 0 amide bonds. The molecule has 0 radical (unpaired) electrons. The van der Waals surface area contributed by atoms with Gasteiger partial charge < -0.3 is 20.1 Å². The fraction of sp³-hybridized carbons (Fsp3) is 0.800. The molecule has 0 aromatic carbocycles. The zero-order valence-electron chi connectivity index (χ0n) is 7.67. The van der Waals surface area contributed by atoms with E-state index >= 15 is 0 Å². The van der Waals surface area contributed by atoms with Crippen LogP contribution in [0.1, 0.15) is 20.8 Å². The first-order chi connectivity index (χ1) is 3.73. The molecule has 0 aromatic heterocycles. The molecule has 0 aliphatic rings. The molecule has 0 saturated heterocycles. The summed E-state index contributed by atoms with van der Waals surface area (Å²) in [6.45, 7) is 4.90. The molecule has 0 atom stereocenters. The zero-order valence-corrected chi connectivity index (χ0v) is 13.9. The fourth-order valence-corrected chi connectivity index (χ4v) is 0. The number of carboxylic acid groups (broad SMARTS) is 2. The Kier molecular flexibility index (Phi) is 26.6. The van der Waals surface area contributed by atoms with Crippen LogP contribution in [0.2, 0.25) is 0 Å². The second kappa shape index (κ2) is 12.5. The van der Waals surface area contributed by atoms with Gasteiger partial charge in [-0.25, -0.2) is 0 Å². The van der Waals surface area contributed by atoms with Crippen LogP contribution in [0.25, 0.3) is 0 Å². The van der Waals surface area contributed by atoms with E-state index in [4.69, 9.17) is 15.0 Å². The maximum atomic E-state index is 10.1. The van der Waals surface area contributed by atoms with Crippen LogP contribution in [0, 0.1) is 0 Å². The Morgan fingerprint density at radius 2 is 1.27 bits per heavy atom. The summed E-state index contributed by atoms with van der Waals surface area (Å²) in [5, 5.41) is 25.4. The second-order valence-corrected chi connectivity index (χ2v) is 2.38. The summed E-state index contributed by atoms with van der Waals surface area (Å²) in [6, 6.07) is 0. The standard InChI is InChI=1S/C4H9O.CH2O3.2K/c1-4(2,3)5;2-1(3)4;;/h1-3H3;(H2,2,3,4);;/q-1;;2*+1/p-1. The van der Waals surface area contributed by atoms with Crippen molar-refractivity contribution in [2.24, 2.45) is 0 Å². The van der Waals surface area contributed by atoms with E-state index in [9.17, 15) is 5.11 Å². The van der Waals surface area contributed by atoms with Crippen molar-refractivity contribution in [3.63, 3.8) is 0 Å². The molecule has 0 aliphatic carbocycles. The quantitative estimate of drug-likeness (QED) is 0.405. The van der Waals surface area contributed by atoms with Crippen LogP contribution < -0.4 is 113 Å². The smallest absolute Gasteiger partial charge is 0.850 e. The molecule has 11 heavy (non-hydrogen) atoms. The third kappa shape index (κ3) is 220. The Balaban J connectivity index is -0.0000000383. The maximum Gasteiger partial charge on any atom is 1.00 e. The van der Waals surface area contributed by atoms with E-state index in [2.05, 4.69) is 0 Å². The molecule has 1 N–H and O–H groups in total. The van der Waals surface area contributed by atoms with Crippen LogP contribution in [0.4, 0.5) is 4.79 Å². The van der Waals surface area contributed by atoms with E-state index in [1.807, 2.05) is 0 Å². The molecule has 0 aliphatic heterocycles. The van der Waals surface area contributed by atoms with E-state index in [0.717, 1.165) is 0 Å². The Labute approximate surface area is 152 Å². The summed E-state index contributed by atoms with van der Waals surface area (Å²) >= 11 is 0. The van der Waals surface area contributed by atoms with Gasteiger partial charge in [0, 0.05) is 0 Å². The van der Waals surface area contributed by atoms with Gasteiger partial charge >= 0.3 is 103 Å². The molecular formula is C5H10K2O4. The van der Waals surface area contributed by atoms with E-state index in [0.29, 0.717) is 0 Å². The van der Waals surface area contributed by atoms with Gasteiger partial charge in [-0.2, -0.15) is 0 Å². The van der Waals surface area contributed by atoms with Gasteiger partial charge in [-0.15, -0.1) is 5.60 Å². The molecule has 4 nitrogen and oxygen atoms in total. The van der Waals surface area contributed by atoms with Gasteiger partial charge in [-0.1, -0.05) is 20.8 Å². The molecule has 0 bridgehead atoms. The van der Waals surface area contributed by atoms with Crippen molar-refractivity contribution in [1.29, 1.82) is 0 Å². The maximum absolute atomic E-state index is 10.1. The molecule has 0 spiro atoms.